The Morgan fingerprint density at radius 3 is 2.71 bits per heavy atom. The second-order valence-electron chi connectivity index (χ2n) is 9.88. The van der Waals surface area contributed by atoms with Crippen molar-refractivity contribution in [3.8, 4) is 0 Å². The molecule has 0 spiro atoms. The SMILES string of the molecule is C[C@H](C=O)[C@@H]1CC[C@@H]2[C@H]3CC=C4C[C@@H](O)CC[C@]4(C)[C@@H]3CC[C@]21C. The summed E-state index contributed by atoms with van der Waals surface area (Å²) >= 11 is 0. The van der Waals surface area contributed by atoms with Crippen LogP contribution in [0.4, 0.5) is 0 Å². The standard InChI is InChI=1S/C22H34O2/c1-14(13-23)18-6-7-19-17-5-4-15-12-16(24)8-10-21(15,2)20(17)9-11-22(18,19)3/h4,13-14,16-20,24H,5-12H2,1-3H3/t14-,16+,17-,18+,19-,20-,21+,22+/m1/s1. The van der Waals surface area contributed by atoms with Gasteiger partial charge in [0.25, 0.3) is 0 Å². The van der Waals surface area contributed by atoms with Crippen molar-refractivity contribution in [1.29, 1.82) is 0 Å². The summed E-state index contributed by atoms with van der Waals surface area (Å²) < 4.78 is 0. The van der Waals surface area contributed by atoms with Crippen LogP contribution in [0.3, 0.4) is 0 Å². The molecule has 3 fully saturated rings. The van der Waals surface area contributed by atoms with E-state index in [1.807, 2.05) is 0 Å². The minimum atomic E-state index is -0.112. The summed E-state index contributed by atoms with van der Waals surface area (Å²) in [5.74, 6) is 3.20. The first kappa shape index (κ1) is 16.8. The number of aliphatic hydroxyl groups excluding tert-OH is 1. The molecule has 2 nitrogen and oxygen atoms in total. The zero-order valence-electron chi connectivity index (χ0n) is 15.6. The minimum Gasteiger partial charge on any atom is -0.393 e. The number of carbonyl (C=O) groups is 1. The van der Waals surface area contributed by atoms with Gasteiger partial charge in [-0.3, -0.25) is 0 Å². The Morgan fingerprint density at radius 2 is 1.96 bits per heavy atom. The number of fused-ring (bicyclic) bond motifs is 5. The van der Waals surface area contributed by atoms with E-state index in [9.17, 15) is 9.90 Å². The van der Waals surface area contributed by atoms with Crippen molar-refractivity contribution >= 4 is 6.29 Å². The molecule has 24 heavy (non-hydrogen) atoms. The highest BCUT2D eigenvalue weighted by Crippen LogP contribution is 2.66. The maximum absolute atomic E-state index is 11.4. The Bertz CT molecular complexity index is 552. The molecule has 0 aliphatic heterocycles. The molecule has 2 heteroatoms. The van der Waals surface area contributed by atoms with Gasteiger partial charge in [0.1, 0.15) is 6.29 Å². The highest BCUT2D eigenvalue weighted by atomic mass is 16.3. The van der Waals surface area contributed by atoms with Gasteiger partial charge in [-0.15, -0.1) is 0 Å². The maximum atomic E-state index is 11.4. The zero-order valence-corrected chi connectivity index (χ0v) is 15.6. The summed E-state index contributed by atoms with van der Waals surface area (Å²) in [4.78, 5) is 11.4. The van der Waals surface area contributed by atoms with Crippen molar-refractivity contribution in [3.63, 3.8) is 0 Å². The lowest BCUT2D eigenvalue weighted by molar-refractivity contribution is -0.115. The van der Waals surface area contributed by atoms with Crippen LogP contribution in [0.2, 0.25) is 0 Å². The largest absolute Gasteiger partial charge is 0.393 e. The molecule has 4 aliphatic carbocycles. The molecule has 0 amide bonds. The van der Waals surface area contributed by atoms with E-state index in [4.69, 9.17) is 0 Å². The number of carbonyl (C=O) groups excluding carboxylic acids is 1. The van der Waals surface area contributed by atoms with E-state index in [1.165, 1.54) is 44.8 Å². The monoisotopic (exact) mass is 330 g/mol. The fourth-order valence-corrected chi connectivity index (χ4v) is 7.64. The van der Waals surface area contributed by atoms with Gasteiger partial charge in [-0.25, -0.2) is 0 Å². The Kier molecular flexibility index (Phi) is 3.99. The van der Waals surface area contributed by atoms with Crippen molar-refractivity contribution < 1.29 is 9.90 Å². The first-order valence-electron chi connectivity index (χ1n) is 10.2. The third-order valence-corrected chi connectivity index (χ3v) is 9.00. The summed E-state index contributed by atoms with van der Waals surface area (Å²) in [5.41, 5.74) is 2.26. The molecule has 0 saturated heterocycles. The molecule has 0 heterocycles. The van der Waals surface area contributed by atoms with Crippen LogP contribution in [0, 0.1) is 40.4 Å². The van der Waals surface area contributed by atoms with Crippen LogP contribution < -0.4 is 0 Å². The Hall–Kier alpha value is -0.630. The van der Waals surface area contributed by atoms with Crippen molar-refractivity contribution in [2.45, 2.75) is 78.2 Å². The second kappa shape index (κ2) is 5.69. The van der Waals surface area contributed by atoms with Crippen molar-refractivity contribution in [1.82, 2.24) is 0 Å². The summed E-state index contributed by atoms with van der Waals surface area (Å²) in [5, 5.41) is 10.1. The molecule has 0 aromatic heterocycles. The molecule has 0 radical (unpaired) electrons. The number of aldehydes is 1. The highest BCUT2D eigenvalue weighted by molar-refractivity contribution is 5.53. The molecular weight excluding hydrogens is 296 g/mol. The number of aliphatic hydroxyl groups is 1. The molecule has 0 bridgehead atoms. The molecule has 4 rings (SSSR count). The number of hydrogen-bond donors (Lipinski definition) is 1. The second-order valence-corrected chi connectivity index (χ2v) is 9.88. The molecule has 0 aromatic carbocycles. The van der Waals surface area contributed by atoms with Crippen LogP contribution in [0.1, 0.15) is 72.1 Å². The number of allylic oxidation sites excluding steroid dienone is 1. The summed E-state index contributed by atoms with van der Waals surface area (Å²) in [6, 6.07) is 0. The van der Waals surface area contributed by atoms with E-state index >= 15 is 0 Å². The molecule has 134 valence electrons. The lowest BCUT2D eigenvalue weighted by atomic mass is 9.47. The van der Waals surface area contributed by atoms with Crippen LogP contribution in [-0.4, -0.2) is 17.5 Å². The van der Waals surface area contributed by atoms with Gasteiger partial charge in [0.2, 0.25) is 0 Å². The van der Waals surface area contributed by atoms with E-state index in [2.05, 4.69) is 26.8 Å². The fourth-order valence-electron chi connectivity index (χ4n) is 7.64. The number of hydrogen-bond acceptors (Lipinski definition) is 2. The average molecular weight is 331 g/mol. The third kappa shape index (κ3) is 2.21. The minimum absolute atomic E-state index is 0.112. The first-order chi connectivity index (χ1) is 11.4. The van der Waals surface area contributed by atoms with Crippen LogP contribution in [0.5, 0.6) is 0 Å². The zero-order chi connectivity index (χ0) is 17.1. The third-order valence-electron chi connectivity index (χ3n) is 9.00. The number of rotatable bonds is 2. The Morgan fingerprint density at radius 1 is 1.17 bits per heavy atom. The lowest BCUT2D eigenvalue weighted by Crippen LogP contribution is -2.50. The van der Waals surface area contributed by atoms with Gasteiger partial charge >= 0.3 is 0 Å². The van der Waals surface area contributed by atoms with Gasteiger partial charge in [0.05, 0.1) is 6.10 Å². The van der Waals surface area contributed by atoms with E-state index in [-0.39, 0.29) is 12.0 Å². The molecule has 4 aliphatic rings. The van der Waals surface area contributed by atoms with Gasteiger partial charge in [0.15, 0.2) is 0 Å². The van der Waals surface area contributed by atoms with Crippen LogP contribution in [-0.2, 0) is 4.79 Å². The maximum Gasteiger partial charge on any atom is 0.123 e. The van der Waals surface area contributed by atoms with Gasteiger partial charge in [-0.05, 0) is 85.9 Å². The quantitative estimate of drug-likeness (QED) is 0.585. The van der Waals surface area contributed by atoms with Crippen molar-refractivity contribution in [2.24, 2.45) is 40.4 Å². The summed E-state index contributed by atoms with van der Waals surface area (Å²) in [6.45, 7) is 7.13. The highest BCUT2D eigenvalue weighted by Gasteiger charge is 2.59. The summed E-state index contributed by atoms with van der Waals surface area (Å²) in [7, 11) is 0. The van der Waals surface area contributed by atoms with Crippen LogP contribution in [0.25, 0.3) is 0 Å². The van der Waals surface area contributed by atoms with E-state index in [0.29, 0.717) is 16.7 Å². The van der Waals surface area contributed by atoms with E-state index in [1.54, 1.807) is 5.57 Å². The van der Waals surface area contributed by atoms with Gasteiger partial charge in [0, 0.05) is 5.92 Å². The van der Waals surface area contributed by atoms with Crippen LogP contribution >= 0.6 is 0 Å². The predicted molar refractivity (Wildman–Crippen MR) is 96.4 cm³/mol. The van der Waals surface area contributed by atoms with Crippen LogP contribution in [0.15, 0.2) is 11.6 Å². The lowest BCUT2D eigenvalue weighted by Gasteiger charge is -2.58. The average Bonchev–Trinajstić information content (AvgIpc) is 2.92. The topological polar surface area (TPSA) is 37.3 Å². The van der Waals surface area contributed by atoms with Gasteiger partial charge in [-0.1, -0.05) is 32.4 Å². The molecular formula is C22H34O2. The molecule has 8 atom stereocenters. The molecule has 1 N–H and O–H groups in total. The predicted octanol–water partition coefficient (Wildman–Crippen LogP) is 4.76. The fraction of sp³-hybridized carbons (Fsp3) is 0.864. The normalized spacial score (nSPS) is 51.8. The smallest absolute Gasteiger partial charge is 0.123 e. The van der Waals surface area contributed by atoms with E-state index in [0.717, 1.165) is 30.6 Å². The molecule has 0 unspecified atom stereocenters. The summed E-state index contributed by atoms with van der Waals surface area (Å²) in [6.07, 6.45) is 13.0. The molecule has 0 aromatic rings. The Balaban J connectivity index is 1.64. The first-order valence-corrected chi connectivity index (χ1v) is 10.2. The van der Waals surface area contributed by atoms with E-state index < -0.39 is 0 Å². The molecule has 3 saturated carbocycles. The van der Waals surface area contributed by atoms with Crippen molar-refractivity contribution in [3.05, 3.63) is 11.6 Å². The van der Waals surface area contributed by atoms with Gasteiger partial charge in [-0.2, -0.15) is 0 Å². The van der Waals surface area contributed by atoms with Gasteiger partial charge < -0.3 is 9.90 Å². The van der Waals surface area contributed by atoms with Crippen molar-refractivity contribution in [2.75, 3.05) is 0 Å². The Labute approximate surface area is 147 Å².